The predicted molar refractivity (Wildman–Crippen MR) is 169 cm³/mol. The monoisotopic (exact) mass is 522 g/mol. The van der Waals surface area contributed by atoms with Crippen molar-refractivity contribution in [2.75, 3.05) is 0 Å². The van der Waals surface area contributed by atoms with Gasteiger partial charge in [-0.2, -0.15) is 0 Å². The van der Waals surface area contributed by atoms with Crippen molar-refractivity contribution in [3.05, 3.63) is 178 Å². The van der Waals surface area contributed by atoms with E-state index in [-0.39, 0.29) is 5.41 Å². The third-order valence-corrected chi connectivity index (χ3v) is 9.99. The molecule has 9 rings (SSSR count). The summed E-state index contributed by atoms with van der Waals surface area (Å²) in [6.45, 7) is 2.29. The highest BCUT2D eigenvalue weighted by molar-refractivity contribution is 5.91. The number of fused-ring (bicyclic) bond motifs is 12. The summed E-state index contributed by atoms with van der Waals surface area (Å²) in [6.07, 6.45) is 1.23. The summed E-state index contributed by atoms with van der Waals surface area (Å²) in [5.74, 6) is 1.14. The van der Waals surface area contributed by atoms with Gasteiger partial charge in [-0.15, -0.1) is 0 Å². The summed E-state index contributed by atoms with van der Waals surface area (Å²) in [4.78, 5) is 0. The summed E-state index contributed by atoms with van der Waals surface area (Å²) in [5.41, 5.74) is 17.8. The van der Waals surface area contributed by atoms with Crippen molar-refractivity contribution in [3.63, 3.8) is 0 Å². The summed E-state index contributed by atoms with van der Waals surface area (Å²) >= 11 is 0. The van der Waals surface area contributed by atoms with Gasteiger partial charge in [-0.3, -0.25) is 0 Å². The molecule has 3 unspecified atom stereocenters. The minimum absolute atomic E-state index is 0.333. The Kier molecular flexibility index (Phi) is 4.73. The van der Waals surface area contributed by atoms with Crippen LogP contribution >= 0.6 is 0 Å². The molecule has 3 aliphatic carbocycles. The molecule has 41 heavy (non-hydrogen) atoms. The standard InChI is InChI=1S/C41H30/c1-26-11-10-18-39-40(26)35-24-30(28-14-6-3-7-15-28)20-22-38(35)41(39)36-17-9-8-16-31(36)32-25-33(32)34-23-29(19-21-37(34)41)27-12-4-2-5-13-27/h2-24,32-33H,25H2,1H3. The van der Waals surface area contributed by atoms with Gasteiger partial charge in [-0.05, 0) is 104 Å². The Morgan fingerprint density at radius 1 is 0.463 bits per heavy atom. The third kappa shape index (κ3) is 3.11. The molecule has 3 aliphatic rings. The fraction of sp³-hybridized carbons (Fsp3) is 0.122. The molecule has 0 heterocycles. The molecule has 1 saturated carbocycles. The Morgan fingerprint density at radius 3 is 1.80 bits per heavy atom. The minimum atomic E-state index is -0.333. The molecular weight excluding hydrogens is 492 g/mol. The number of hydrogen-bond acceptors (Lipinski definition) is 0. The summed E-state index contributed by atoms with van der Waals surface area (Å²) < 4.78 is 0. The first-order valence-electron chi connectivity index (χ1n) is 14.8. The molecular formula is C41H30. The lowest BCUT2D eigenvalue weighted by Gasteiger charge is -2.36. The molecule has 0 N–H and O–H groups in total. The molecule has 3 atom stereocenters. The highest BCUT2D eigenvalue weighted by Crippen LogP contribution is 2.67. The van der Waals surface area contributed by atoms with Gasteiger partial charge in [0, 0.05) is 0 Å². The highest BCUT2D eigenvalue weighted by atomic mass is 14.6. The van der Waals surface area contributed by atoms with Crippen molar-refractivity contribution < 1.29 is 0 Å². The molecule has 0 heteroatoms. The maximum absolute atomic E-state index is 2.52. The van der Waals surface area contributed by atoms with Crippen molar-refractivity contribution in [1.82, 2.24) is 0 Å². The maximum atomic E-state index is 2.52. The molecule has 6 aromatic carbocycles. The Balaban J connectivity index is 1.40. The molecule has 0 radical (unpaired) electrons. The van der Waals surface area contributed by atoms with Crippen LogP contribution in [0.1, 0.15) is 57.2 Å². The number of hydrogen-bond donors (Lipinski definition) is 0. The van der Waals surface area contributed by atoms with Crippen LogP contribution in [-0.4, -0.2) is 0 Å². The lowest BCUT2D eigenvalue weighted by Crippen LogP contribution is -2.30. The molecule has 0 amide bonds. The minimum Gasteiger partial charge on any atom is -0.0622 e. The van der Waals surface area contributed by atoms with Gasteiger partial charge in [-0.1, -0.05) is 133 Å². The number of benzene rings is 6. The Labute approximate surface area is 242 Å². The zero-order chi connectivity index (χ0) is 27.1. The quantitative estimate of drug-likeness (QED) is 0.212. The summed E-state index contributed by atoms with van der Waals surface area (Å²) in [5, 5.41) is 0. The molecule has 0 saturated heterocycles. The van der Waals surface area contributed by atoms with Gasteiger partial charge >= 0.3 is 0 Å². The lowest BCUT2D eigenvalue weighted by atomic mass is 9.65. The van der Waals surface area contributed by atoms with Crippen LogP contribution < -0.4 is 0 Å². The normalized spacial score (nSPS) is 20.8. The molecule has 1 fully saturated rings. The van der Waals surface area contributed by atoms with Crippen LogP contribution in [0.4, 0.5) is 0 Å². The van der Waals surface area contributed by atoms with E-state index in [1.54, 1.807) is 0 Å². The first-order chi connectivity index (χ1) is 20.2. The second-order valence-corrected chi connectivity index (χ2v) is 12.1. The van der Waals surface area contributed by atoms with Crippen LogP contribution in [0.25, 0.3) is 33.4 Å². The molecule has 0 aliphatic heterocycles. The number of aryl methyl sites for hydroxylation is 1. The van der Waals surface area contributed by atoms with Gasteiger partial charge in [0.25, 0.3) is 0 Å². The van der Waals surface area contributed by atoms with Crippen LogP contribution in [0, 0.1) is 6.92 Å². The van der Waals surface area contributed by atoms with E-state index in [4.69, 9.17) is 0 Å². The van der Waals surface area contributed by atoms with Crippen LogP contribution in [0.15, 0.2) is 140 Å². The number of rotatable bonds is 2. The van der Waals surface area contributed by atoms with Crippen LogP contribution in [-0.2, 0) is 5.41 Å². The molecule has 0 aromatic heterocycles. The summed E-state index contributed by atoms with van der Waals surface area (Å²) in [7, 11) is 0. The summed E-state index contributed by atoms with van der Waals surface area (Å²) in [6, 6.07) is 52.6. The fourth-order valence-corrected chi connectivity index (χ4v) is 8.16. The second kappa shape index (κ2) is 8.41. The first-order valence-corrected chi connectivity index (χ1v) is 14.8. The molecule has 6 aromatic rings. The third-order valence-electron chi connectivity index (χ3n) is 9.99. The molecule has 194 valence electrons. The largest absolute Gasteiger partial charge is 0.0719 e. The van der Waals surface area contributed by atoms with E-state index in [0.29, 0.717) is 11.8 Å². The van der Waals surface area contributed by atoms with E-state index in [1.807, 2.05) is 0 Å². The zero-order valence-corrected chi connectivity index (χ0v) is 23.1. The van der Waals surface area contributed by atoms with Crippen molar-refractivity contribution >= 4 is 0 Å². The van der Waals surface area contributed by atoms with E-state index < -0.39 is 0 Å². The second-order valence-electron chi connectivity index (χ2n) is 12.1. The van der Waals surface area contributed by atoms with Crippen molar-refractivity contribution in [2.24, 2.45) is 0 Å². The van der Waals surface area contributed by atoms with Crippen molar-refractivity contribution in [1.29, 1.82) is 0 Å². The van der Waals surface area contributed by atoms with E-state index in [1.165, 1.54) is 78.7 Å². The molecule has 0 bridgehead atoms. The average molecular weight is 523 g/mol. The zero-order valence-electron chi connectivity index (χ0n) is 23.1. The van der Waals surface area contributed by atoms with E-state index >= 15 is 0 Å². The molecule has 1 spiro atoms. The SMILES string of the molecule is Cc1cccc2c1-c1cc(-c3ccccc3)ccc1C21c2ccccc2C2CC2c2cc(-c3ccccc3)ccc21. The topological polar surface area (TPSA) is 0 Å². The Bertz CT molecular complexity index is 1980. The first kappa shape index (κ1) is 23.1. The van der Waals surface area contributed by atoms with Gasteiger partial charge in [-0.25, -0.2) is 0 Å². The average Bonchev–Trinajstić information content (AvgIpc) is 3.79. The van der Waals surface area contributed by atoms with E-state index in [2.05, 4.69) is 146 Å². The predicted octanol–water partition coefficient (Wildman–Crippen LogP) is 10.3. The van der Waals surface area contributed by atoms with Gasteiger partial charge in [0.15, 0.2) is 0 Å². The smallest absolute Gasteiger partial charge is 0.0622 e. The maximum Gasteiger partial charge on any atom is 0.0719 e. The highest BCUT2D eigenvalue weighted by Gasteiger charge is 2.55. The fourth-order valence-electron chi connectivity index (χ4n) is 8.16. The van der Waals surface area contributed by atoms with Gasteiger partial charge in [0.05, 0.1) is 5.41 Å². The van der Waals surface area contributed by atoms with E-state index in [0.717, 1.165) is 0 Å². The van der Waals surface area contributed by atoms with E-state index in [9.17, 15) is 0 Å². The van der Waals surface area contributed by atoms with Crippen LogP contribution in [0.5, 0.6) is 0 Å². The van der Waals surface area contributed by atoms with Gasteiger partial charge in [0.2, 0.25) is 0 Å². The Hall–Kier alpha value is -4.68. The lowest BCUT2D eigenvalue weighted by molar-refractivity contribution is 0.753. The van der Waals surface area contributed by atoms with Crippen LogP contribution in [0.3, 0.4) is 0 Å². The van der Waals surface area contributed by atoms with Crippen molar-refractivity contribution in [2.45, 2.75) is 30.6 Å². The van der Waals surface area contributed by atoms with Gasteiger partial charge in [0.1, 0.15) is 0 Å². The Morgan fingerprint density at radius 2 is 1.05 bits per heavy atom. The molecule has 0 nitrogen and oxygen atoms in total. The van der Waals surface area contributed by atoms with Crippen molar-refractivity contribution in [3.8, 4) is 33.4 Å². The van der Waals surface area contributed by atoms with Crippen LogP contribution in [0.2, 0.25) is 0 Å². The van der Waals surface area contributed by atoms with Gasteiger partial charge < -0.3 is 0 Å².